The monoisotopic (exact) mass is 351 g/mol. The molecular formula is C20H21N3O3. The Kier molecular flexibility index (Phi) is 7.61. The predicted molar refractivity (Wildman–Crippen MR) is 102 cm³/mol. The van der Waals surface area contributed by atoms with Gasteiger partial charge >= 0.3 is 0 Å². The first-order valence-corrected chi connectivity index (χ1v) is 8.14. The van der Waals surface area contributed by atoms with Crippen molar-refractivity contribution in [1.29, 1.82) is 0 Å². The third-order valence-electron chi connectivity index (χ3n) is 3.34. The molecule has 0 radical (unpaired) electrons. The molecule has 0 spiro atoms. The molecule has 0 fully saturated rings. The van der Waals surface area contributed by atoms with Crippen LogP contribution in [0.5, 0.6) is 5.75 Å². The fourth-order valence-electron chi connectivity index (χ4n) is 2.00. The Morgan fingerprint density at radius 3 is 2.54 bits per heavy atom. The largest absolute Gasteiger partial charge is 0.484 e. The number of carbonyl (C=O) groups excluding carboxylic acids is 2. The minimum Gasteiger partial charge on any atom is -0.484 e. The van der Waals surface area contributed by atoms with E-state index >= 15 is 0 Å². The third kappa shape index (κ3) is 7.00. The van der Waals surface area contributed by atoms with Crippen LogP contribution in [0.2, 0.25) is 0 Å². The number of amides is 2. The van der Waals surface area contributed by atoms with Gasteiger partial charge in [0.2, 0.25) is 0 Å². The molecule has 26 heavy (non-hydrogen) atoms. The molecule has 0 heterocycles. The fraction of sp³-hybridized carbons (Fsp3) is 0.150. The lowest BCUT2D eigenvalue weighted by Crippen LogP contribution is -2.37. The second-order valence-corrected chi connectivity index (χ2v) is 5.41. The maximum absolute atomic E-state index is 11.7. The lowest BCUT2D eigenvalue weighted by atomic mass is 10.2. The Balaban J connectivity index is 1.63. The summed E-state index contributed by atoms with van der Waals surface area (Å²) in [5.41, 5.74) is 4.31. The minimum atomic E-state index is -0.418. The van der Waals surface area contributed by atoms with E-state index in [1.807, 2.05) is 61.5 Å². The second-order valence-electron chi connectivity index (χ2n) is 5.41. The van der Waals surface area contributed by atoms with Crippen molar-refractivity contribution in [2.75, 3.05) is 13.2 Å². The molecular weight excluding hydrogens is 330 g/mol. The quantitative estimate of drug-likeness (QED) is 0.566. The van der Waals surface area contributed by atoms with Gasteiger partial charge in [-0.25, -0.2) is 5.43 Å². The van der Waals surface area contributed by atoms with Gasteiger partial charge < -0.3 is 10.1 Å². The van der Waals surface area contributed by atoms with Crippen LogP contribution >= 0.6 is 0 Å². The van der Waals surface area contributed by atoms with Crippen LogP contribution in [-0.4, -0.2) is 31.2 Å². The summed E-state index contributed by atoms with van der Waals surface area (Å²) in [7, 11) is 0. The van der Waals surface area contributed by atoms with Crippen molar-refractivity contribution in [2.24, 2.45) is 5.10 Å². The van der Waals surface area contributed by atoms with Crippen molar-refractivity contribution in [2.45, 2.75) is 6.92 Å². The van der Waals surface area contributed by atoms with E-state index in [0.717, 1.165) is 11.1 Å². The van der Waals surface area contributed by atoms with Crippen LogP contribution in [0.25, 0.3) is 6.08 Å². The third-order valence-corrected chi connectivity index (χ3v) is 3.34. The molecule has 2 aromatic rings. The Bertz CT molecular complexity index is 786. The summed E-state index contributed by atoms with van der Waals surface area (Å²) in [5.74, 6) is -0.156. The van der Waals surface area contributed by atoms with Gasteiger partial charge in [0, 0.05) is 6.21 Å². The van der Waals surface area contributed by atoms with Crippen molar-refractivity contribution in [3.8, 4) is 5.75 Å². The van der Waals surface area contributed by atoms with Crippen LogP contribution in [0.4, 0.5) is 0 Å². The van der Waals surface area contributed by atoms with E-state index in [-0.39, 0.29) is 19.1 Å². The van der Waals surface area contributed by atoms with E-state index in [9.17, 15) is 9.59 Å². The van der Waals surface area contributed by atoms with E-state index in [4.69, 9.17) is 4.74 Å². The number of ether oxygens (including phenoxy) is 1. The Morgan fingerprint density at radius 2 is 1.77 bits per heavy atom. The molecule has 0 saturated heterocycles. The summed E-state index contributed by atoms with van der Waals surface area (Å²) < 4.78 is 5.40. The number of rotatable bonds is 8. The predicted octanol–water partition coefficient (Wildman–Crippen LogP) is 2.31. The fourth-order valence-corrected chi connectivity index (χ4v) is 2.00. The maximum atomic E-state index is 11.7. The highest BCUT2D eigenvalue weighted by molar-refractivity contribution is 5.86. The molecule has 0 saturated carbocycles. The first-order chi connectivity index (χ1) is 12.6. The number of hydrogen-bond acceptors (Lipinski definition) is 4. The van der Waals surface area contributed by atoms with Gasteiger partial charge in [-0.05, 0) is 30.2 Å². The molecule has 0 aliphatic rings. The number of hydrazone groups is 1. The standard InChI is InChI=1S/C20H21N3O3/c1-16-8-5-6-12-18(16)26-15-20(25)21-14-19(24)23-22-13-7-11-17-9-3-2-4-10-17/h2-13H,14-15H2,1H3,(H,21,25)(H,23,24). The van der Waals surface area contributed by atoms with Gasteiger partial charge in [-0.1, -0.05) is 54.6 Å². The smallest absolute Gasteiger partial charge is 0.259 e. The van der Waals surface area contributed by atoms with Gasteiger partial charge in [-0.2, -0.15) is 5.10 Å². The number of nitrogens with one attached hydrogen (secondary N) is 2. The summed E-state index contributed by atoms with van der Waals surface area (Å²) in [6.07, 6.45) is 5.04. The molecule has 6 heteroatoms. The number of para-hydroxylation sites is 1. The molecule has 2 amide bonds. The minimum absolute atomic E-state index is 0.152. The molecule has 0 aliphatic carbocycles. The highest BCUT2D eigenvalue weighted by Crippen LogP contribution is 2.15. The lowest BCUT2D eigenvalue weighted by molar-refractivity contribution is -0.127. The van der Waals surface area contributed by atoms with E-state index in [2.05, 4.69) is 15.8 Å². The van der Waals surface area contributed by atoms with Crippen LogP contribution in [-0.2, 0) is 9.59 Å². The lowest BCUT2D eigenvalue weighted by Gasteiger charge is -2.08. The van der Waals surface area contributed by atoms with E-state index in [1.165, 1.54) is 6.21 Å². The molecule has 6 nitrogen and oxygen atoms in total. The number of aryl methyl sites for hydroxylation is 1. The Hall–Kier alpha value is -3.41. The van der Waals surface area contributed by atoms with Crippen LogP contribution < -0.4 is 15.5 Å². The van der Waals surface area contributed by atoms with Crippen molar-refractivity contribution < 1.29 is 14.3 Å². The van der Waals surface area contributed by atoms with Crippen LogP contribution in [0.15, 0.2) is 65.8 Å². The van der Waals surface area contributed by atoms with Gasteiger partial charge in [0.15, 0.2) is 6.61 Å². The van der Waals surface area contributed by atoms with Crippen LogP contribution in [0.1, 0.15) is 11.1 Å². The zero-order chi connectivity index (χ0) is 18.6. The van der Waals surface area contributed by atoms with E-state index in [0.29, 0.717) is 5.75 Å². The first-order valence-electron chi connectivity index (χ1n) is 8.14. The van der Waals surface area contributed by atoms with Gasteiger partial charge in [0.05, 0.1) is 6.54 Å². The molecule has 0 aromatic heterocycles. The number of nitrogens with zero attached hydrogens (tertiary/aromatic N) is 1. The Labute approximate surface area is 152 Å². The molecule has 0 unspecified atom stereocenters. The average Bonchev–Trinajstić information content (AvgIpc) is 2.66. The number of allylic oxidation sites excluding steroid dienone is 1. The summed E-state index contributed by atoms with van der Waals surface area (Å²) in [5, 5.41) is 6.25. The Morgan fingerprint density at radius 1 is 1.04 bits per heavy atom. The highest BCUT2D eigenvalue weighted by Gasteiger charge is 2.06. The summed E-state index contributed by atoms with van der Waals surface area (Å²) in [6.45, 7) is 1.57. The van der Waals surface area contributed by atoms with Crippen LogP contribution in [0.3, 0.4) is 0 Å². The van der Waals surface area contributed by atoms with Crippen molar-refractivity contribution in [3.05, 3.63) is 71.8 Å². The molecule has 0 atom stereocenters. The topological polar surface area (TPSA) is 79.8 Å². The first kappa shape index (κ1) is 18.9. The molecule has 134 valence electrons. The number of benzene rings is 2. The van der Waals surface area contributed by atoms with E-state index in [1.54, 1.807) is 12.1 Å². The van der Waals surface area contributed by atoms with Crippen molar-refractivity contribution in [1.82, 2.24) is 10.7 Å². The molecule has 2 rings (SSSR count). The zero-order valence-corrected chi connectivity index (χ0v) is 14.5. The van der Waals surface area contributed by atoms with Gasteiger partial charge in [0.1, 0.15) is 5.75 Å². The summed E-state index contributed by atoms with van der Waals surface area (Å²) in [4.78, 5) is 23.3. The van der Waals surface area contributed by atoms with Gasteiger partial charge in [0.25, 0.3) is 11.8 Å². The van der Waals surface area contributed by atoms with Crippen molar-refractivity contribution in [3.63, 3.8) is 0 Å². The number of hydrogen-bond donors (Lipinski definition) is 2. The summed E-state index contributed by atoms with van der Waals surface area (Å²) in [6, 6.07) is 17.1. The highest BCUT2D eigenvalue weighted by atomic mass is 16.5. The average molecular weight is 351 g/mol. The molecule has 2 aromatic carbocycles. The molecule has 2 N–H and O–H groups in total. The van der Waals surface area contributed by atoms with Crippen LogP contribution in [0, 0.1) is 6.92 Å². The maximum Gasteiger partial charge on any atom is 0.259 e. The molecule has 0 aliphatic heterocycles. The molecule has 0 bridgehead atoms. The zero-order valence-electron chi connectivity index (χ0n) is 14.5. The van der Waals surface area contributed by atoms with Gasteiger partial charge in [-0.3, -0.25) is 9.59 Å². The second kappa shape index (κ2) is 10.5. The van der Waals surface area contributed by atoms with Crippen molar-refractivity contribution >= 4 is 24.1 Å². The SMILES string of the molecule is Cc1ccccc1OCC(=O)NCC(=O)NN=CC=Cc1ccccc1. The summed E-state index contributed by atoms with van der Waals surface area (Å²) >= 11 is 0. The van der Waals surface area contributed by atoms with E-state index < -0.39 is 5.91 Å². The number of carbonyl (C=O) groups is 2. The normalized spacial score (nSPS) is 10.8. The van der Waals surface area contributed by atoms with Gasteiger partial charge in [-0.15, -0.1) is 0 Å².